The first-order chi connectivity index (χ1) is 9.08. The number of carboxylic acid groups (broad SMARTS) is 1. The molecule has 0 fully saturated rings. The van der Waals surface area contributed by atoms with E-state index >= 15 is 0 Å². The lowest BCUT2D eigenvalue weighted by atomic mass is 9.74. The Hall–Kier alpha value is -1.31. The number of amides is 2. The predicted octanol–water partition coefficient (Wildman–Crippen LogP) is 3.30. The van der Waals surface area contributed by atoms with Gasteiger partial charge in [-0.1, -0.05) is 12.1 Å². The molecule has 5 nitrogen and oxygen atoms in total. The van der Waals surface area contributed by atoms with Gasteiger partial charge in [-0.15, -0.1) is 0 Å². The number of para-hydroxylation sites is 1. The van der Waals surface area contributed by atoms with Crippen LogP contribution >= 0.6 is 22.6 Å². The monoisotopic (exact) mass is 390 g/mol. The Morgan fingerprint density at radius 3 is 2.20 bits per heavy atom. The van der Waals surface area contributed by atoms with Gasteiger partial charge >= 0.3 is 12.0 Å². The van der Waals surface area contributed by atoms with E-state index in [0.717, 1.165) is 3.57 Å². The Bertz CT molecular complexity index is 527. The Morgan fingerprint density at radius 2 is 1.70 bits per heavy atom. The zero-order valence-electron chi connectivity index (χ0n) is 12.0. The molecule has 0 spiro atoms. The van der Waals surface area contributed by atoms with E-state index in [9.17, 15) is 14.7 Å². The fraction of sp³-hybridized carbons (Fsp3) is 0.429. The minimum Gasteiger partial charge on any atom is -0.481 e. The SMILES string of the molecule is CC(C)(NC(=O)Nc1ccccc1I)C(C)(C)C(=O)O. The summed E-state index contributed by atoms with van der Waals surface area (Å²) in [4.78, 5) is 23.3. The Labute approximate surface area is 132 Å². The summed E-state index contributed by atoms with van der Waals surface area (Å²) < 4.78 is 0.913. The van der Waals surface area contributed by atoms with E-state index < -0.39 is 23.0 Å². The van der Waals surface area contributed by atoms with Gasteiger partial charge in [0.05, 0.1) is 16.6 Å². The number of urea groups is 1. The summed E-state index contributed by atoms with van der Waals surface area (Å²) in [6.07, 6.45) is 0. The molecule has 20 heavy (non-hydrogen) atoms. The average molecular weight is 390 g/mol. The minimum absolute atomic E-state index is 0.423. The molecule has 0 atom stereocenters. The molecule has 3 N–H and O–H groups in total. The highest BCUT2D eigenvalue weighted by molar-refractivity contribution is 14.1. The third-order valence-corrected chi connectivity index (χ3v) is 4.59. The Kier molecular flexibility index (Phi) is 5.01. The molecule has 0 saturated heterocycles. The molecule has 0 aliphatic heterocycles. The van der Waals surface area contributed by atoms with E-state index in [1.54, 1.807) is 33.8 Å². The largest absolute Gasteiger partial charge is 0.481 e. The first-order valence-electron chi connectivity index (χ1n) is 6.15. The smallest absolute Gasteiger partial charge is 0.319 e. The molecule has 0 aliphatic rings. The molecule has 1 aromatic carbocycles. The van der Waals surface area contributed by atoms with Gasteiger partial charge in [0.1, 0.15) is 0 Å². The van der Waals surface area contributed by atoms with Crippen molar-refractivity contribution in [1.29, 1.82) is 0 Å². The lowest BCUT2D eigenvalue weighted by Gasteiger charge is -2.38. The van der Waals surface area contributed by atoms with E-state index in [0.29, 0.717) is 5.69 Å². The molecule has 6 heteroatoms. The molecule has 0 aromatic heterocycles. The van der Waals surface area contributed by atoms with Crippen molar-refractivity contribution in [3.63, 3.8) is 0 Å². The van der Waals surface area contributed by atoms with Gasteiger partial charge in [0.2, 0.25) is 0 Å². The number of aliphatic carboxylic acids is 1. The predicted molar refractivity (Wildman–Crippen MR) is 86.8 cm³/mol. The standard InChI is InChI=1S/C14H19IN2O3/c1-13(2,11(18)19)14(3,4)17-12(20)16-10-8-6-5-7-9(10)15/h5-8H,1-4H3,(H,18,19)(H2,16,17,20). The third-order valence-electron chi connectivity index (χ3n) is 3.65. The van der Waals surface area contributed by atoms with Gasteiger partial charge < -0.3 is 15.7 Å². The van der Waals surface area contributed by atoms with Crippen LogP contribution in [-0.2, 0) is 4.79 Å². The quantitative estimate of drug-likeness (QED) is 0.691. The second-order valence-electron chi connectivity index (χ2n) is 5.61. The fourth-order valence-electron chi connectivity index (χ4n) is 1.42. The minimum atomic E-state index is -1.09. The fourth-order valence-corrected chi connectivity index (χ4v) is 1.95. The van der Waals surface area contributed by atoms with E-state index in [1.165, 1.54) is 0 Å². The van der Waals surface area contributed by atoms with Crippen LogP contribution in [0.5, 0.6) is 0 Å². The summed E-state index contributed by atoms with van der Waals surface area (Å²) in [6.45, 7) is 6.55. The highest BCUT2D eigenvalue weighted by Crippen LogP contribution is 2.30. The Balaban J connectivity index is 2.81. The van der Waals surface area contributed by atoms with Crippen LogP contribution in [0.3, 0.4) is 0 Å². The highest BCUT2D eigenvalue weighted by Gasteiger charge is 2.44. The maximum atomic E-state index is 12.0. The van der Waals surface area contributed by atoms with Crippen LogP contribution in [0.1, 0.15) is 27.7 Å². The number of hydrogen-bond donors (Lipinski definition) is 3. The van der Waals surface area contributed by atoms with Crippen molar-refractivity contribution in [2.45, 2.75) is 33.2 Å². The molecule has 0 saturated carbocycles. The lowest BCUT2D eigenvalue weighted by Crippen LogP contribution is -2.57. The first-order valence-corrected chi connectivity index (χ1v) is 7.23. The van der Waals surface area contributed by atoms with Crippen LogP contribution in [0.4, 0.5) is 10.5 Å². The first kappa shape index (κ1) is 16.7. The van der Waals surface area contributed by atoms with Crippen LogP contribution < -0.4 is 10.6 Å². The number of carbonyl (C=O) groups is 2. The number of halogens is 1. The number of benzene rings is 1. The molecule has 0 bridgehead atoms. The molecule has 110 valence electrons. The average Bonchev–Trinajstić information content (AvgIpc) is 2.31. The molecule has 1 rings (SSSR count). The molecule has 2 amide bonds. The van der Waals surface area contributed by atoms with E-state index in [2.05, 4.69) is 33.2 Å². The second kappa shape index (κ2) is 5.99. The molecular weight excluding hydrogens is 371 g/mol. The number of hydrogen-bond acceptors (Lipinski definition) is 2. The van der Waals surface area contributed by atoms with Crippen LogP contribution in [-0.4, -0.2) is 22.6 Å². The molecule has 0 heterocycles. The number of rotatable bonds is 4. The molecule has 1 aromatic rings. The van der Waals surface area contributed by atoms with Gasteiger partial charge in [0, 0.05) is 3.57 Å². The molecular formula is C14H19IN2O3. The van der Waals surface area contributed by atoms with Crippen molar-refractivity contribution in [2.75, 3.05) is 5.32 Å². The van der Waals surface area contributed by atoms with Gasteiger partial charge in [-0.05, 0) is 62.4 Å². The van der Waals surface area contributed by atoms with Crippen molar-refractivity contribution in [3.8, 4) is 0 Å². The van der Waals surface area contributed by atoms with Gasteiger partial charge in [0.25, 0.3) is 0 Å². The molecule has 0 radical (unpaired) electrons. The van der Waals surface area contributed by atoms with Crippen molar-refractivity contribution >= 4 is 40.3 Å². The van der Waals surface area contributed by atoms with Gasteiger partial charge in [-0.3, -0.25) is 4.79 Å². The number of carboxylic acids is 1. The van der Waals surface area contributed by atoms with Crippen molar-refractivity contribution in [1.82, 2.24) is 5.32 Å². The Morgan fingerprint density at radius 1 is 1.15 bits per heavy atom. The summed E-state index contributed by atoms with van der Waals surface area (Å²) in [5.41, 5.74) is -1.30. The lowest BCUT2D eigenvalue weighted by molar-refractivity contribution is -0.150. The zero-order chi connectivity index (χ0) is 15.6. The maximum Gasteiger partial charge on any atom is 0.319 e. The topological polar surface area (TPSA) is 78.4 Å². The zero-order valence-corrected chi connectivity index (χ0v) is 14.1. The van der Waals surface area contributed by atoms with E-state index in [4.69, 9.17) is 0 Å². The highest BCUT2D eigenvalue weighted by atomic mass is 127. The second-order valence-corrected chi connectivity index (χ2v) is 6.78. The van der Waals surface area contributed by atoms with Gasteiger partial charge in [-0.25, -0.2) is 4.79 Å². The van der Waals surface area contributed by atoms with E-state index in [-0.39, 0.29) is 0 Å². The van der Waals surface area contributed by atoms with Crippen LogP contribution in [0.2, 0.25) is 0 Å². The van der Waals surface area contributed by atoms with Crippen LogP contribution in [0.15, 0.2) is 24.3 Å². The van der Waals surface area contributed by atoms with Gasteiger partial charge in [0.15, 0.2) is 0 Å². The number of anilines is 1. The number of carbonyl (C=O) groups excluding carboxylic acids is 1. The normalized spacial score (nSPS) is 11.8. The van der Waals surface area contributed by atoms with Gasteiger partial charge in [-0.2, -0.15) is 0 Å². The number of nitrogens with one attached hydrogen (secondary N) is 2. The summed E-state index contributed by atoms with van der Waals surface area (Å²) >= 11 is 2.12. The van der Waals surface area contributed by atoms with Crippen molar-refractivity contribution < 1.29 is 14.7 Å². The van der Waals surface area contributed by atoms with Crippen LogP contribution in [0.25, 0.3) is 0 Å². The summed E-state index contributed by atoms with van der Waals surface area (Å²) in [5.74, 6) is -0.961. The van der Waals surface area contributed by atoms with Crippen LogP contribution in [0, 0.1) is 8.99 Å². The third kappa shape index (κ3) is 3.62. The summed E-state index contributed by atoms with van der Waals surface area (Å²) in [6, 6.07) is 6.94. The van der Waals surface area contributed by atoms with Crippen molar-refractivity contribution in [3.05, 3.63) is 27.8 Å². The van der Waals surface area contributed by atoms with Crippen molar-refractivity contribution in [2.24, 2.45) is 5.41 Å². The molecule has 0 unspecified atom stereocenters. The summed E-state index contributed by atoms with van der Waals surface area (Å²) in [5, 5.41) is 14.7. The molecule has 0 aliphatic carbocycles. The summed E-state index contributed by atoms with van der Waals surface area (Å²) in [7, 11) is 0. The van der Waals surface area contributed by atoms with E-state index in [1.807, 2.05) is 18.2 Å². The maximum absolute atomic E-state index is 12.0.